The van der Waals surface area contributed by atoms with E-state index in [0.717, 1.165) is 0 Å². The van der Waals surface area contributed by atoms with Gasteiger partial charge >= 0.3 is 0 Å². The van der Waals surface area contributed by atoms with Crippen molar-refractivity contribution in [3.05, 3.63) is 41.2 Å². The number of nitrogens with one attached hydrogen (secondary N) is 1. The highest BCUT2D eigenvalue weighted by atomic mass is 19.3. The third-order valence-electron chi connectivity index (χ3n) is 3.15. The van der Waals surface area contributed by atoms with Crippen LogP contribution in [0.2, 0.25) is 0 Å². The molecule has 0 radical (unpaired) electrons. The van der Waals surface area contributed by atoms with Crippen LogP contribution in [0.1, 0.15) is 47.5 Å². The van der Waals surface area contributed by atoms with Crippen molar-refractivity contribution >= 4 is 5.91 Å². The Kier molecular flexibility index (Phi) is 5.83. The van der Waals surface area contributed by atoms with Crippen LogP contribution < -0.4 is 10.1 Å². The third kappa shape index (κ3) is 4.50. The minimum absolute atomic E-state index is 0.0651. The van der Waals surface area contributed by atoms with Gasteiger partial charge in [-0.25, -0.2) is 18.7 Å². The molecular weight excluding hydrogens is 320 g/mol. The third-order valence-corrected chi connectivity index (χ3v) is 3.15. The lowest BCUT2D eigenvalue weighted by Gasteiger charge is -2.10. The summed E-state index contributed by atoms with van der Waals surface area (Å²) >= 11 is 0. The predicted molar refractivity (Wildman–Crippen MR) is 82.2 cm³/mol. The van der Waals surface area contributed by atoms with Gasteiger partial charge in [0.05, 0.1) is 5.69 Å². The molecule has 0 aromatic carbocycles. The largest absolute Gasteiger partial charge is 0.471 e. The molecule has 2 heterocycles. The fraction of sp³-hybridized carbons (Fsp3) is 0.438. The minimum Gasteiger partial charge on any atom is -0.471 e. The van der Waals surface area contributed by atoms with Gasteiger partial charge < -0.3 is 14.5 Å². The summed E-state index contributed by atoms with van der Waals surface area (Å²) in [7, 11) is 0. The lowest BCUT2D eigenvalue weighted by molar-refractivity contribution is 0.0787. The normalized spacial score (nSPS) is 11.1. The van der Waals surface area contributed by atoms with Crippen LogP contribution in [0.5, 0.6) is 5.88 Å². The molecule has 2 aromatic rings. The van der Waals surface area contributed by atoms with Crippen molar-refractivity contribution in [1.82, 2.24) is 15.3 Å². The molecule has 2 rings (SSSR count). The quantitative estimate of drug-likeness (QED) is 0.839. The fourth-order valence-electron chi connectivity index (χ4n) is 1.96. The van der Waals surface area contributed by atoms with Crippen LogP contribution in [-0.2, 0) is 6.54 Å². The van der Waals surface area contributed by atoms with E-state index in [4.69, 9.17) is 9.15 Å². The van der Waals surface area contributed by atoms with Crippen molar-refractivity contribution in [1.29, 1.82) is 0 Å². The highest BCUT2D eigenvalue weighted by molar-refractivity contribution is 5.92. The van der Waals surface area contributed by atoms with Gasteiger partial charge in [-0.1, -0.05) is 19.9 Å². The smallest absolute Gasteiger partial charge is 0.289 e. The molecule has 0 saturated heterocycles. The molecule has 0 unspecified atom stereocenters. The van der Waals surface area contributed by atoms with Crippen LogP contribution in [0.4, 0.5) is 8.78 Å². The summed E-state index contributed by atoms with van der Waals surface area (Å²) in [6.07, 6.45) is -1.16. The number of aryl methyl sites for hydroxylation is 1. The molecule has 0 aliphatic heterocycles. The number of aromatic nitrogens is 2. The molecule has 0 atom stereocenters. The van der Waals surface area contributed by atoms with Gasteiger partial charge in [-0.05, 0) is 13.0 Å². The average Bonchev–Trinajstić information content (AvgIpc) is 2.93. The maximum absolute atomic E-state index is 12.3. The fourth-order valence-corrected chi connectivity index (χ4v) is 1.96. The molecule has 0 fully saturated rings. The van der Waals surface area contributed by atoms with Crippen LogP contribution in [0, 0.1) is 6.92 Å². The van der Waals surface area contributed by atoms with Gasteiger partial charge in [0.25, 0.3) is 12.3 Å². The van der Waals surface area contributed by atoms with E-state index in [1.165, 1.54) is 6.20 Å². The summed E-state index contributed by atoms with van der Waals surface area (Å²) in [5, 5.41) is 2.66. The van der Waals surface area contributed by atoms with E-state index in [1.54, 1.807) is 19.1 Å². The van der Waals surface area contributed by atoms with Crippen LogP contribution in [0.3, 0.4) is 0 Å². The predicted octanol–water partition coefficient (Wildman–Crippen LogP) is 3.08. The molecule has 2 aromatic heterocycles. The SMILES string of the molecule is Cc1nc(C(C)C)oc1C(=O)NCc1cccnc1OCC(F)F. The Bertz CT molecular complexity index is 702. The Morgan fingerprint density at radius 1 is 1.42 bits per heavy atom. The van der Waals surface area contributed by atoms with Crippen molar-refractivity contribution in [2.45, 2.75) is 39.7 Å². The molecule has 0 aliphatic rings. The molecule has 6 nitrogen and oxygen atoms in total. The van der Waals surface area contributed by atoms with Gasteiger partial charge in [0.2, 0.25) is 11.6 Å². The number of carbonyl (C=O) groups is 1. The van der Waals surface area contributed by atoms with E-state index in [0.29, 0.717) is 17.1 Å². The van der Waals surface area contributed by atoms with E-state index >= 15 is 0 Å². The standard InChI is InChI=1S/C16H19F2N3O3/c1-9(2)15-21-10(3)13(24-15)14(22)20-7-11-5-4-6-19-16(11)23-8-12(17)18/h4-6,9,12H,7-8H2,1-3H3,(H,20,22). The van der Waals surface area contributed by atoms with Crippen molar-refractivity contribution < 1.29 is 22.7 Å². The monoisotopic (exact) mass is 339 g/mol. The Balaban J connectivity index is 2.04. The number of nitrogens with zero attached hydrogens (tertiary/aromatic N) is 2. The zero-order valence-electron chi connectivity index (χ0n) is 13.7. The highest BCUT2D eigenvalue weighted by Crippen LogP contribution is 2.19. The van der Waals surface area contributed by atoms with E-state index in [9.17, 15) is 13.6 Å². The lowest BCUT2D eigenvalue weighted by atomic mass is 10.2. The van der Waals surface area contributed by atoms with Crippen LogP contribution in [0.25, 0.3) is 0 Å². The second-order valence-corrected chi connectivity index (χ2v) is 5.47. The van der Waals surface area contributed by atoms with Gasteiger partial charge in [-0.3, -0.25) is 4.79 Å². The second-order valence-electron chi connectivity index (χ2n) is 5.47. The van der Waals surface area contributed by atoms with Crippen LogP contribution in [-0.4, -0.2) is 28.9 Å². The number of alkyl halides is 2. The second kappa shape index (κ2) is 7.85. The Morgan fingerprint density at radius 3 is 2.79 bits per heavy atom. The summed E-state index contributed by atoms with van der Waals surface area (Å²) in [5.74, 6) is 0.321. The van der Waals surface area contributed by atoms with E-state index in [-0.39, 0.29) is 24.1 Å². The lowest BCUT2D eigenvalue weighted by Crippen LogP contribution is -2.23. The van der Waals surface area contributed by atoms with Gasteiger partial charge in [0.15, 0.2) is 12.5 Å². The van der Waals surface area contributed by atoms with Gasteiger partial charge in [-0.2, -0.15) is 0 Å². The van der Waals surface area contributed by atoms with Crippen LogP contribution >= 0.6 is 0 Å². The first-order chi connectivity index (χ1) is 11.4. The van der Waals surface area contributed by atoms with Gasteiger partial charge in [-0.15, -0.1) is 0 Å². The number of oxazole rings is 1. The molecule has 0 spiro atoms. The Labute approximate surface area is 138 Å². The maximum Gasteiger partial charge on any atom is 0.289 e. The first-order valence-electron chi connectivity index (χ1n) is 7.48. The number of hydrogen-bond acceptors (Lipinski definition) is 5. The van der Waals surface area contributed by atoms with Crippen molar-refractivity contribution in [2.75, 3.05) is 6.61 Å². The summed E-state index contributed by atoms with van der Waals surface area (Å²) in [4.78, 5) is 20.3. The number of ether oxygens (including phenoxy) is 1. The van der Waals surface area contributed by atoms with E-state index < -0.39 is 18.9 Å². The number of halogens is 2. The first kappa shape index (κ1) is 17.8. The molecule has 0 saturated carbocycles. The number of carbonyl (C=O) groups excluding carboxylic acids is 1. The maximum atomic E-state index is 12.3. The molecule has 1 amide bonds. The molecule has 0 bridgehead atoms. The summed E-state index contributed by atoms with van der Waals surface area (Å²) < 4.78 is 34.9. The summed E-state index contributed by atoms with van der Waals surface area (Å²) in [6.45, 7) is 4.83. The van der Waals surface area contributed by atoms with Gasteiger partial charge in [0.1, 0.15) is 0 Å². The zero-order valence-corrected chi connectivity index (χ0v) is 13.7. The highest BCUT2D eigenvalue weighted by Gasteiger charge is 2.19. The minimum atomic E-state index is -2.60. The van der Waals surface area contributed by atoms with Crippen LogP contribution in [0.15, 0.2) is 22.7 Å². The summed E-state index contributed by atoms with van der Waals surface area (Å²) in [6, 6.07) is 3.27. The Hall–Kier alpha value is -2.51. The first-order valence-corrected chi connectivity index (χ1v) is 7.48. The van der Waals surface area contributed by atoms with Crippen molar-refractivity contribution in [3.63, 3.8) is 0 Å². The molecule has 0 aliphatic carbocycles. The number of pyridine rings is 1. The van der Waals surface area contributed by atoms with Gasteiger partial charge in [0, 0.05) is 24.2 Å². The molecule has 130 valence electrons. The Morgan fingerprint density at radius 2 is 2.17 bits per heavy atom. The van der Waals surface area contributed by atoms with E-state index in [1.807, 2.05) is 13.8 Å². The van der Waals surface area contributed by atoms with Crippen molar-refractivity contribution in [3.8, 4) is 5.88 Å². The van der Waals surface area contributed by atoms with Crippen molar-refractivity contribution in [2.24, 2.45) is 0 Å². The topological polar surface area (TPSA) is 77.3 Å². The molecule has 8 heteroatoms. The molecular formula is C16H19F2N3O3. The summed E-state index contributed by atoms with van der Waals surface area (Å²) in [5.41, 5.74) is 0.990. The zero-order chi connectivity index (χ0) is 17.7. The molecule has 24 heavy (non-hydrogen) atoms. The van der Waals surface area contributed by atoms with E-state index in [2.05, 4.69) is 15.3 Å². The number of amides is 1. The molecule has 1 N–H and O–H groups in total. The number of rotatable bonds is 7. The number of hydrogen-bond donors (Lipinski definition) is 1. The average molecular weight is 339 g/mol.